The van der Waals surface area contributed by atoms with Gasteiger partial charge in [0, 0.05) is 29.1 Å². The summed E-state index contributed by atoms with van der Waals surface area (Å²) in [6.07, 6.45) is 0. The van der Waals surface area contributed by atoms with E-state index >= 15 is 0 Å². The molecule has 1 nitrogen and oxygen atoms in total. The number of hydrogen-bond acceptors (Lipinski definition) is 1. The molecule has 0 atom stereocenters. The number of benzene rings is 2. The van der Waals surface area contributed by atoms with Gasteiger partial charge in [-0.15, -0.1) is 0 Å². The van der Waals surface area contributed by atoms with Crippen molar-refractivity contribution in [3.63, 3.8) is 0 Å². The van der Waals surface area contributed by atoms with Crippen LogP contribution in [-0.4, -0.2) is 6.54 Å². The predicted molar refractivity (Wildman–Crippen MR) is 82.6 cm³/mol. The largest absolute Gasteiger partial charge is 0.312 e. The van der Waals surface area contributed by atoms with Gasteiger partial charge in [0.15, 0.2) is 0 Å². The summed E-state index contributed by atoms with van der Waals surface area (Å²) in [6.45, 7) is 5.62. The number of rotatable bonds is 5. The standard InChI is InChI=1S/C17H19ClFN/c1-17(2,14-6-4-3-5-7-14)12-20-11-13-8-9-15(18)10-16(13)19/h3-10,20H,11-12H2,1-2H3. The van der Waals surface area contributed by atoms with Gasteiger partial charge in [-0.3, -0.25) is 0 Å². The fourth-order valence-corrected chi connectivity index (χ4v) is 2.32. The number of halogens is 2. The molecule has 0 heterocycles. The van der Waals surface area contributed by atoms with Crippen LogP contribution in [0.4, 0.5) is 4.39 Å². The molecule has 0 spiro atoms. The molecule has 0 aliphatic rings. The van der Waals surface area contributed by atoms with Crippen molar-refractivity contribution in [2.75, 3.05) is 6.54 Å². The van der Waals surface area contributed by atoms with Gasteiger partial charge in [0.1, 0.15) is 5.82 Å². The number of hydrogen-bond donors (Lipinski definition) is 1. The molecule has 0 radical (unpaired) electrons. The van der Waals surface area contributed by atoms with Crippen LogP contribution in [0.2, 0.25) is 5.02 Å². The molecule has 3 heteroatoms. The molecule has 0 bridgehead atoms. The van der Waals surface area contributed by atoms with Crippen molar-refractivity contribution in [3.05, 3.63) is 70.5 Å². The summed E-state index contributed by atoms with van der Waals surface area (Å²) in [4.78, 5) is 0. The molecular weight excluding hydrogens is 273 g/mol. The fraction of sp³-hybridized carbons (Fsp3) is 0.294. The van der Waals surface area contributed by atoms with E-state index in [2.05, 4.69) is 31.3 Å². The second-order valence-corrected chi connectivity index (χ2v) is 6.03. The highest BCUT2D eigenvalue weighted by atomic mass is 35.5. The van der Waals surface area contributed by atoms with E-state index in [1.165, 1.54) is 11.6 Å². The summed E-state index contributed by atoms with van der Waals surface area (Å²) in [6, 6.07) is 15.1. The Bertz CT molecular complexity index is 566. The van der Waals surface area contributed by atoms with Gasteiger partial charge in [-0.05, 0) is 17.7 Å². The van der Waals surface area contributed by atoms with Crippen molar-refractivity contribution in [3.8, 4) is 0 Å². The Labute approximate surface area is 124 Å². The first-order valence-electron chi connectivity index (χ1n) is 6.69. The van der Waals surface area contributed by atoms with Crippen molar-refractivity contribution in [1.29, 1.82) is 0 Å². The zero-order chi connectivity index (χ0) is 14.6. The van der Waals surface area contributed by atoms with Crippen LogP contribution in [0.25, 0.3) is 0 Å². The van der Waals surface area contributed by atoms with E-state index in [0.717, 1.165) is 6.54 Å². The van der Waals surface area contributed by atoms with Gasteiger partial charge in [-0.1, -0.05) is 61.8 Å². The smallest absolute Gasteiger partial charge is 0.129 e. The monoisotopic (exact) mass is 291 g/mol. The minimum atomic E-state index is -0.262. The molecule has 106 valence electrons. The van der Waals surface area contributed by atoms with E-state index in [9.17, 15) is 4.39 Å². The first kappa shape index (κ1) is 15.0. The SMILES string of the molecule is CC(C)(CNCc1ccc(Cl)cc1F)c1ccccc1. The van der Waals surface area contributed by atoms with Crippen molar-refractivity contribution >= 4 is 11.6 Å². The molecule has 0 fully saturated rings. The lowest BCUT2D eigenvalue weighted by atomic mass is 9.84. The highest BCUT2D eigenvalue weighted by Gasteiger charge is 2.19. The van der Waals surface area contributed by atoms with Crippen LogP contribution in [-0.2, 0) is 12.0 Å². The maximum atomic E-state index is 13.7. The molecule has 0 aliphatic carbocycles. The first-order valence-corrected chi connectivity index (χ1v) is 7.07. The summed E-state index contributed by atoms with van der Waals surface area (Å²) in [5.74, 6) is -0.262. The fourth-order valence-electron chi connectivity index (χ4n) is 2.17. The second-order valence-electron chi connectivity index (χ2n) is 5.59. The van der Waals surface area contributed by atoms with E-state index < -0.39 is 0 Å². The summed E-state index contributed by atoms with van der Waals surface area (Å²) >= 11 is 5.74. The minimum absolute atomic E-state index is 0.00413. The zero-order valence-electron chi connectivity index (χ0n) is 11.8. The van der Waals surface area contributed by atoms with E-state index in [0.29, 0.717) is 17.1 Å². The highest BCUT2D eigenvalue weighted by molar-refractivity contribution is 6.30. The van der Waals surface area contributed by atoms with E-state index in [1.807, 2.05) is 18.2 Å². The van der Waals surface area contributed by atoms with Gasteiger partial charge in [0.2, 0.25) is 0 Å². The van der Waals surface area contributed by atoms with Crippen molar-refractivity contribution < 1.29 is 4.39 Å². The van der Waals surface area contributed by atoms with Crippen LogP contribution >= 0.6 is 11.6 Å². The average Bonchev–Trinajstić information content (AvgIpc) is 2.42. The topological polar surface area (TPSA) is 12.0 Å². The van der Waals surface area contributed by atoms with Crippen LogP contribution in [0.15, 0.2) is 48.5 Å². The molecule has 0 unspecified atom stereocenters. The molecule has 0 saturated heterocycles. The third kappa shape index (κ3) is 3.81. The molecule has 2 aromatic carbocycles. The Kier molecular flexibility index (Phi) is 4.79. The summed E-state index contributed by atoms with van der Waals surface area (Å²) in [5.41, 5.74) is 1.91. The molecule has 2 rings (SSSR count). The molecule has 0 saturated carbocycles. The summed E-state index contributed by atoms with van der Waals surface area (Å²) in [5, 5.41) is 3.74. The van der Waals surface area contributed by atoms with Crippen molar-refractivity contribution in [1.82, 2.24) is 5.32 Å². The van der Waals surface area contributed by atoms with Crippen LogP contribution in [0.1, 0.15) is 25.0 Å². The lowest BCUT2D eigenvalue weighted by Crippen LogP contribution is -2.32. The van der Waals surface area contributed by atoms with E-state index in [-0.39, 0.29) is 11.2 Å². The third-order valence-electron chi connectivity index (χ3n) is 3.45. The normalized spacial score (nSPS) is 11.6. The van der Waals surface area contributed by atoms with Crippen molar-refractivity contribution in [2.45, 2.75) is 25.8 Å². The highest BCUT2D eigenvalue weighted by Crippen LogP contribution is 2.22. The lowest BCUT2D eigenvalue weighted by molar-refractivity contribution is 0.464. The van der Waals surface area contributed by atoms with Gasteiger partial charge in [-0.2, -0.15) is 0 Å². The molecule has 20 heavy (non-hydrogen) atoms. The molecular formula is C17H19ClFN. The molecule has 2 aromatic rings. The van der Waals surface area contributed by atoms with Crippen LogP contribution in [0.3, 0.4) is 0 Å². The van der Waals surface area contributed by atoms with Gasteiger partial charge in [0.25, 0.3) is 0 Å². The first-order chi connectivity index (χ1) is 9.49. The molecule has 0 amide bonds. The van der Waals surface area contributed by atoms with E-state index in [4.69, 9.17) is 11.6 Å². The second kappa shape index (κ2) is 6.38. The van der Waals surface area contributed by atoms with Gasteiger partial charge in [-0.25, -0.2) is 4.39 Å². The Balaban J connectivity index is 1.95. The van der Waals surface area contributed by atoms with Crippen LogP contribution in [0, 0.1) is 5.82 Å². The number of nitrogens with one attached hydrogen (secondary N) is 1. The minimum Gasteiger partial charge on any atom is -0.312 e. The van der Waals surface area contributed by atoms with Gasteiger partial charge >= 0.3 is 0 Å². The Hall–Kier alpha value is -1.38. The average molecular weight is 292 g/mol. The van der Waals surface area contributed by atoms with Crippen LogP contribution < -0.4 is 5.32 Å². The molecule has 0 aromatic heterocycles. The van der Waals surface area contributed by atoms with Crippen molar-refractivity contribution in [2.24, 2.45) is 0 Å². The Morgan fingerprint density at radius 2 is 1.80 bits per heavy atom. The maximum Gasteiger partial charge on any atom is 0.129 e. The summed E-state index contributed by atoms with van der Waals surface area (Å²) < 4.78 is 13.7. The zero-order valence-corrected chi connectivity index (χ0v) is 12.5. The Morgan fingerprint density at radius 3 is 2.45 bits per heavy atom. The van der Waals surface area contributed by atoms with Crippen LogP contribution in [0.5, 0.6) is 0 Å². The molecule has 1 N–H and O–H groups in total. The van der Waals surface area contributed by atoms with E-state index in [1.54, 1.807) is 12.1 Å². The molecule has 0 aliphatic heterocycles. The van der Waals surface area contributed by atoms with Gasteiger partial charge < -0.3 is 5.32 Å². The predicted octanol–water partition coefficient (Wildman–Crippen LogP) is 4.55. The maximum absolute atomic E-state index is 13.7. The summed E-state index contributed by atoms with van der Waals surface area (Å²) in [7, 11) is 0. The quantitative estimate of drug-likeness (QED) is 0.852. The Morgan fingerprint density at radius 1 is 1.10 bits per heavy atom. The van der Waals surface area contributed by atoms with Gasteiger partial charge in [0.05, 0.1) is 0 Å². The lowest BCUT2D eigenvalue weighted by Gasteiger charge is -2.25. The third-order valence-corrected chi connectivity index (χ3v) is 3.69.